The summed E-state index contributed by atoms with van der Waals surface area (Å²) in [6.45, 7) is 0.734. The number of sulfonamides is 1. The van der Waals surface area contributed by atoms with Crippen molar-refractivity contribution in [1.29, 1.82) is 0 Å². The SMILES string of the molecule is COc1ccc(CN)cc1S(=O)(=O)NCC1CSCCS1. The molecule has 1 aromatic carbocycles. The van der Waals surface area contributed by atoms with E-state index in [1.165, 1.54) is 7.11 Å². The molecule has 0 spiro atoms. The van der Waals surface area contributed by atoms with Crippen LogP contribution in [0.3, 0.4) is 0 Å². The first-order valence-corrected chi connectivity index (χ1v) is 10.3. The topological polar surface area (TPSA) is 81.4 Å². The van der Waals surface area contributed by atoms with Crippen molar-refractivity contribution < 1.29 is 13.2 Å². The van der Waals surface area contributed by atoms with Crippen molar-refractivity contribution in [3.63, 3.8) is 0 Å². The van der Waals surface area contributed by atoms with Crippen LogP contribution < -0.4 is 15.2 Å². The zero-order valence-corrected chi connectivity index (χ0v) is 14.3. The van der Waals surface area contributed by atoms with Gasteiger partial charge in [-0.2, -0.15) is 23.5 Å². The second-order valence-corrected chi connectivity index (χ2v) is 8.90. The lowest BCUT2D eigenvalue weighted by atomic mass is 10.2. The number of hydrogen-bond acceptors (Lipinski definition) is 6. The quantitative estimate of drug-likeness (QED) is 0.806. The maximum Gasteiger partial charge on any atom is 0.244 e. The second-order valence-electron chi connectivity index (χ2n) is 4.61. The van der Waals surface area contributed by atoms with Crippen molar-refractivity contribution in [1.82, 2.24) is 4.72 Å². The average Bonchev–Trinajstić information content (AvgIpc) is 2.53. The Labute approximate surface area is 134 Å². The first kappa shape index (κ1) is 17.0. The fraction of sp³-hybridized carbons (Fsp3) is 0.538. The third-order valence-corrected chi connectivity index (χ3v) is 7.43. The molecular formula is C13H20N2O3S3. The van der Waals surface area contributed by atoms with E-state index >= 15 is 0 Å². The van der Waals surface area contributed by atoms with Gasteiger partial charge < -0.3 is 10.5 Å². The minimum Gasteiger partial charge on any atom is -0.495 e. The Kier molecular flexibility index (Phi) is 6.24. The Hall–Kier alpha value is -0.410. The first-order valence-electron chi connectivity index (χ1n) is 6.63. The van der Waals surface area contributed by atoms with E-state index in [4.69, 9.17) is 10.5 Å². The molecule has 0 radical (unpaired) electrons. The van der Waals surface area contributed by atoms with Gasteiger partial charge in [0.25, 0.3) is 0 Å². The Balaban J connectivity index is 2.14. The summed E-state index contributed by atoms with van der Waals surface area (Å²) in [4.78, 5) is 0.154. The molecule has 1 heterocycles. The molecule has 1 aliphatic heterocycles. The van der Waals surface area contributed by atoms with Gasteiger partial charge in [0.05, 0.1) is 7.11 Å². The number of rotatable bonds is 6. The van der Waals surface area contributed by atoms with Crippen LogP contribution in [-0.4, -0.2) is 44.6 Å². The molecule has 3 N–H and O–H groups in total. The maximum absolute atomic E-state index is 12.5. The summed E-state index contributed by atoms with van der Waals surface area (Å²) in [6, 6.07) is 4.98. The summed E-state index contributed by atoms with van der Waals surface area (Å²) < 4.78 is 32.8. The van der Waals surface area contributed by atoms with Crippen molar-refractivity contribution in [2.75, 3.05) is 30.9 Å². The van der Waals surface area contributed by atoms with E-state index in [1.54, 1.807) is 18.2 Å². The lowest BCUT2D eigenvalue weighted by Crippen LogP contribution is -2.33. The zero-order valence-electron chi connectivity index (χ0n) is 11.9. The zero-order chi connectivity index (χ0) is 15.3. The van der Waals surface area contributed by atoms with Crippen LogP contribution in [0.5, 0.6) is 5.75 Å². The summed E-state index contributed by atoms with van der Waals surface area (Å²) in [5.74, 6) is 3.53. The Morgan fingerprint density at radius 2 is 2.24 bits per heavy atom. The van der Waals surface area contributed by atoms with Gasteiger partial charge in [0.2, 0.25) is 10.0 Å². The highest BCUT2D eigenvalue weighted by molar-refractivity contribution is 8.06. The molecular weight excluding hydrogens is 328 g/mol. The molecule has 1 atom stereocenters. The largest absolute Gasteiger partial charge is 0.495 e. The second kappa shape index (κ2) is 7.73. The van der Waals surface area contributed by atoms with Gasteiger partial charge in [-0.25, -0.2) is 13.1 Å². The van der Waals surface area contributed by atoms with Crippen LogP contribution >= 0.6 is 23.5 Å². The van der Waals surface area contributed by atoms with Crippen LogP contribution in [0.25, 0.3) is 0 Å². The molecule has 0 saturated carbocycles. The lowest BCUT2D eigenvalue weighted by molar-refractivity contribution is 0.402. The molecule has 2 rings (SSSR count). The molecule has 118 valence electrons. The summed E-state index contributed by atoms with van der Waals surface area (Å²) >= 11 is 3.68. The minimum absolute atomic E-state index is 0.154. The predicted molar refractivity (Wildman–Crippen MR) is 89.6 cm³/mol. The van der Waals surface area contributed by atoms with E-state index in [1.807, 2.05) is 23.5 Å². The average molecular weight is 349 g/mol. The molecule has 1 aromatic rings. The van der Waals surface area contributed by atoms with Crippen LogP contribution in [0.2, 0.25) is 0 Å². The smallest absolute Gasteiger partial charge is 0.244 e. The molecule has 1 unspecified atom stereocenters. The summed E-state index contributed by atoms with van der Waals surface area (Å²) in [7, 11) is -2.13. The van der Waals surface area contributed by atoms with Crippen molar-refractivity contribution in [2.24, 2.45) is 5.73 Å². The van der Waals surface area contributed by atoms with Crippen LogP contribution in [0, 0.1) is 0 Å². The van der Waals surface area contributed by atoms with Gasteiger partial charge >= 0.3 is 0 Å². The molecule has 5 nitrogen and oxygen atoms in total. The third-order valence-electron chi connectivity index (χ3n) is 3.14. The summed E-state index contributed by atoms with van der Waals surface area (Å²) in [5.41, 5.74) is 6.35. The van der Waals surface area contributed by atoms with Gasteiger partial charge in [0.15, 0.2) is 0 Å². The lowest BCUT2D eigenvalue weighted by Gasteiger charge is -2.21. The van der Waals surface area contributed by atoms with Gasteiger partial charge in [0, 0.05) is 35.6 Å². The molecule has 1 saturated heterocycles. The highest BCUT2D eigenvalue weighted by Gasteiger charge is 2.22. The van der Waals surface area contributed by atoms with Crippen LogP contribution in [-0.2, 0) is 16.6 Å². The van der Waals surface area contributed by atoms with E-state index in [0.717, 1.165) is 22.8 Å². The Morgan fingerprint density at radius 3 is 2.86 bits per heavy atom. The highest BCUT2D eigenvalue weighted by atomic mass is 32.2. The van der Waals surface area contributed by atoms with Gasteiger partial charge in [0.1, 0.15) is 10.6 Å². The first-order chi connectivity index (χ1) is 10.1. The standard InChI is InChI=1S/C13H20N2O3S3/c1-18-12-3-2-10(7-14)6-13(12)21(16,17)15-8-11-9-19-4-5-20-11/h2-3,6,11,15H,4-5,7-9,14H2,1H3. The fourth-order valence-corrected chi connectivity index (χ4v) is 6.01. The van der Waals surface area contributed by atoms with E-state index in [0.29, 0.717) is 24.1 Å². The summed E-state index contributed by atoms with van der Waals surface area (Å²) in [5, 5.41) is 0.321. The molecule has 0 aromatic heterocycles. The van der Waals surface area contributed by atoms with Crippen molar-refractivity contribution in [3.8, 4) is 5.75 Å². The monoisotopic (exact) mass is 348 g/mol. The maximum atomic E-state index is 12.5. The van der Waals surface area contributed by atoms with Gasteiger partial charge in [-0.15, -0.1) is 0 Å². The predicted octanol–water partition coefficient (Wildman–Crippen LogP) is 1.28. The number of nitrogens with two attached hydrogens (primary N) is 1. The van der Waals surface area contributed by atoms with E-state index in [9.17, 15) is 8.42 Å². The molecule has 0 bridgehead atoms. The molecule has 1 aliphatic rings. The van der Waals surface area contributed by atoms with Crippen molar-refractivity contribution in [3.05, 3.63) is 23.8 Å². The molecule has 8 heteroatoms. The number of nitrogens with one attached hydrogen (secondary N) is 1. The number of ether oxygens (including phenoxy) is 1. The van der Waals surface area contributed by atoms with Crippen LogP contribution in [0.1, 0.15) is 5.56 Å². The number of benzene rings is 1. The van der Waals surface area contributed by atoms with Gasteiger partial charge in [-0.3, -0.25) is 0 Å². The number of hydrogen-bond donors (Lipinski definition) is 2. The number of thioether (sulfide) groups is 2. The van der Waals surface area contributed by atoms with E-state index in [-0.39, 0.29) is 4.90 Å². The molecule has 0 amide bonds. The normalized spacial score (nSPS) is 19.4. The Morgan fingerprint density at radius 1 is 1.43 bits per heavy atom. The highest BCUT2D eigenvalue weighted by Crippen LogP contribution is 2.26. The van der Waals surface area contributed by atoms with Crippen LogP contribution in [0.15, 0.2) is 23.1 Å². The van der Waals surface area contributed by atoms with E-state index in [2.05, 4.69) is 4.72 Å². The van der Waals surface area contributed by atoms with Gasteiger partial charge in [-0.1, -0.05) is 6.07 Å². The Bertz CT molecular complexity index is 572. The number of methoxy groups -OCH3 is 1. The van der Waals surface area contributed by atoms with Crippen LogP contribution in [0.4, 0.5) is 0 Å². The summed E-state index contributed by atoms with van der Waals surface area (Å²) in [6.07, 6.45) is 0. The van der Waals surface area contributed by atoms with Gasteiger partial charge in [-0.05, 0) is 17.7 Å². The molecule has 0 aliphatic carbocycles. The third kappa shape index (κ3) is 4.53. The van der Waals surface area contributed by atoms with Crippen molar-refractivity contribution >= 4 is 33.5 Å². The minimum atomic E-state index is -3.59. The van der Waals surface area contributed by atoms with E-state index < -0.39 is 10.0 Å². The molecule has 1 fully saturated rings. The fourth-order valence-electron chi connectivity index (χ4n) is 1.99. The molecule has 21 heavy (non-hydrogen) atoms. The van der Waals surface area contributed by atoms with Crippen molar-refractivity contribution in [2.45, 2.75) is 16.7 Å².